The van der Waals surface area contributed by atoms with E-state index in [-0.39, 0.29) is 0 Å². The molecule has 0 spiro atoms. The number of nitrogens with zero attached hydrogens (tertiary/aromatic N) is 1. The van der Waals surface area contributed by atoms with Crippen LogP contribution >= 0.6 is 27.5 Å². The van der Waals surface area contributed by atoms with Crippen LogP contribution in [0.15, 0.2) is 34.8 Å². The lowest BCUT2D eigenvalue weighted by atomic mass is 10.2. The Kier molecular flexibility index (Phi) is 3.78. The number of rotatable bonds is 3. The van der Waals surface area contributed by atoms with Gasteiger partial charge in [-0.25, -0.2) is 4.98 Å². The minimum atomic E-state index is 0.599. The zero-order chi connectivity index (χ0) is 15.0. The molecule has 1 aromatic heterocycles. The van der Waals surface area contributed by atoms with Crippen LogP contribution in [0.4, 0.5) is 0 Å². The first kappa shape index (κ1) is 14.2. The standard InChI is InChI=1S/C15H12BrClN2O2/c1-20-12-4-3-8(5-13(12)21-2)15-18-11-7-9(16)6-10(17)14(11)19-15/h3-7H,1-2H3,(H,18,19). The number of nitrogens with one attached hydrogen (secondary N) is 1. The molecule has 0 bridgehead atoms. The molecule has 1 heterocycles. The van der Waals surface area contributed by atoms with Gasteiger partial charge in [-0.05, 0) is 30.3 Å². The number of H-pyrrole nitrogens is 1. The lowest BCUT2D eigenvalue weighted by molar-refractivity contribution is 0.355. The van der Waals surface area contributed by atoms with Gasteiger partial charge >= 0.3 is 0 Å². The summed E-state index contributed by atoms with van der Waals surface area (Å²) in [5.41, 5.74) is 2.51. The summed E-state index contributed by atoms with van der Waals surface area (Å²) in [6.45, 7) is 0. The fourth-order valence-corrected chi connectivity index (χ4v) is 3.01. The Morgan fingerprint density at radius 2 is 1.86 bits per heavy atom. The van der Waals surface area contributed by atoms with Gasteiger partial charge in [0, 0.05) is 10.0 Å². The molecule has 21 heavy (non-hydrogen) atoms. The highest BCUT2D eigenvalue weighted by atomic mass is 79.9. The second kappa shape index (κ2) is 5.58. The molecular weight excluding hydrogens is 356 g/mol. The third-order valence-corrected chi connectivity index (χ3v) is 3.91. The van der Waals surface area contributed by atoms with E-state index in [4.69, 9.17) is 21.1 Å². The van der Waals surface area contributed by atoms with E-state index in [1.165, 1.54) is 0 Å². The maximum absolute atomic E-state index is 6.21. The van der Waals surface area contributed by atoms with Crippen LogP contribution < -0.4 is 9.47 Å². The van der Waals surface area contributed by atoms with Gasteiger partial charge in [-0.3, -0.25) is 0 Å². The summed E-state index contributed by atoms with van der Waals surface area (Å²) in [5.74, 6) is 2.06. The molecule has 0 aliphatic carbocycles. The van der Waals surface area contributed by atoms with Crippen molar-refractivity contribution in [3.05, 3.63) is 39.8 Å². The van der Waals surface area contributed by atoms with Crippen LogP contribution in [0, 0.1) is 0 Å². The zero-order valence-corrected chi connectivity index (χ0v) is 13.7. The van der Waals surface area contributed by atoms with E-state index in [2.05, 4.69) is 25.9 Å². The molecule has 0 saturated carbocycles. The van der Waals surface area contributed by atoms with Crippen LogP contribution in [0.2, 0.25) is 5.02 Å². The molecule has 0 radical (unpaired) electrons. The topological polar surface area (TPSA) is 47.1 Å². The number of aromatic amines is 1. The van der Waals surface area contributed by atoms with Crippen molar-refractivity contribution < 1.29 is 9.47 Å². The molecule has 108 valence electrons. The molecule has 2 aromatic carbocycles. The highest BCUT2D eigenvalue weighted by Crippen LogP contribution is 2.33. The summed E-state index contributed by atoms with van der Waals surface area (Å²) < 4.78 is 11.5. The van der Waals surface area contributed by atoms with Gasteiger partial charge in [0.2, 0.25) is 0 Å². The summed E-state index contributed by atoms with van der Waals surface area (Å²) in [6, 6.07) is 9.40. The van der Waals surface area contributed by atoms with Crippen molar-refractivity contribution in [2.45, 2.75) is 0 Å². The van der Waals surface area contributed by atoms with Crippen molar-refractivity contribution in [2.24, 2.45) is 0 Å². The van der Waals surface area contributed by atoms with Crippen LogP contribution in [0.5, 0.6) is 11.5 Å². The normalized spacial score (nSPS) is 10.9. The van der Waals surface area contributed by atoms with E-state index in [0.717, 1.165) is 26.9 Å². The molecule has 0 fully saturated rings. The number of hydrogen-bond donors (Lipinski definition) is 1. The number of halogens is 2. The van der Waals surface area contributed by atoms with Gasteiger partial charge in [0.25, 0.3) is 0 Å². The monoisotopic (exact) mass is 366 g/mol. The number of methoxy groups -OCH3 is 2. The van der Waals surface area contributed by atoms with Crippen LogP contribution in [0.3, 0.4) is 0 Å². The fraction of sp³-hybridized carbons (Fsp3) is 0.133. The summed E-state index contributed by atoms with van der Waals surface area (Å²) in [5, 5.41) is 0.599. The van der Waals surface area contributed by atoms with E-state index in [0.29, 0.717) is 16.5 Å². The number of benzene rings is 2. The maximum Gasteiger partial charge on any atom is 0.161 e. The summed E-state index contributed by atoms with van der Waals surface area (Å²) in [7, 11) is 3.21. The maximum atomic E-state index is 6.21. The highest BCUT2D eigenvalue weighted by Gasteiger charge is 2.12. The fourth-order valence-electron chi connectivity index (χ4n) is 2.16. The molecular formula is C15H12BrClN2O2. The molecule has 1 N–H and O–H groups in total. The lowest BCUT2D eigenvalue weighted by Gasteiger charge is -2.08. The minimum Gasteiger partial charge on any atom is -0.493 e. The Bertz CT molecular complexity index is 817. The van der Waals surface area contributed by atoms with E-state index >= 15 is 0 Å². The number of fused-ring (bicyclic) bond motifs is 1. The molecule has 6 heteroatoms. The van der Waals surface area contributed by atoms with Crippen LogP contribution in [0.1, 0.15) is 0 Å². The SMILES string of the molecule is COc1ccc(-c2nc3c(Cl)cc(Br)cc3[nH]2)cc1OC. The van der Waals surface area contributed by atoms with Crippen LogP contribution in [0.25, 0.3) is 22.4 Å². The average Bonchev–Trinajstić information content (AvgIpc) is 2.90. The van der Waals surface area contributed by atoms with E-state index in [1.54, 1.807) is 14.2 Å². The Balaban J connectivity index is 2.14. The van der Waals surface area contributed by atoms with Gasteiger partial charge in [-0.2, -0.15) is 0 Å². The number of ether oxygens (including phenoxy) is 2. The number of hydrogen-bond acceptors (Lipinski definition) is 3. The molecule has 4 nitrogen and oxygen atoms in total. The van der Waals surface area contributed by atoms with E-state index in [1.807, 2.05) is 30.3 Å². The molecule has 0 atom stereocenters. The van der Waals surface area contributed by atoms with Crippen molar-refractivity contribution in [3.63, 3.8) is 0 Å². The van der Waals surface area contributed by atoms with Crippen molar-refractivity contribution in [1.29, 1.82) is 0 Å². The van der Waals surface area contributed by atoms with Gasteiger partial charge in [0.05, 0.1) is 24.8 Å². The number of imidazole rings is 1. The first-order valence-electron chi connectivity index (χ1n) is 6.19. The van der Waals surface area contributed by atoms with Crippen LogP contribution in [-0.2, 0) is 0 Å². The smallest absolute Gasteiger partial charge is 0.161 e. The van der Waals surface area contributed by atoms with Gasteiger partial charge in [-0.1, -0.05) is 27.5 Å². The number of aromatic nitrogens is 2. The lowest BCUT2D eigenvalue weighted by Crippen LogP contribution is -1.91. The van der Waals surface area contributed by atoms with Crippen molar-refractivity contribution >= 4 is 38.6 Å². The summed E-state index contributed by atoms with van der Waals surface area (Å²) in [6.07, 6.45) is 0. The van der Waals surface area contributed by atoms with Crippen molar-refractivity contribution in [2.75, 3.05) is 14.2 Å². The Morgan fingerprint density at radius 3 is 2.57 bits per heavy atom. The third kappa shape index (κ3) is 2.59. The average molecular weight is 368 g/mol. The van der Waals surface area contributed by atoms with E-state index in [9.17, 15) is 0 Å². The van der Waals surface area contributed by atoms with Crippen LogP contribution in [-0.4, -0.2) is 24.2 Å². The molecule has 0 aliphatic heterocycles. The van der Waals surface area contributed by atoms with Gasteiger partial charge in [0.1, 0.15) is 11.3 Å². The van der Waals surface area contributed by atoms with Gasteiger partial charge in [0.15, 0.2) is 11.5 Å². The minimum absolute atomic E-state index is 0.599. The molecule has 0 unspecified atom stereocenters. The summed E-state index contributed by atoms with van der Waals surface area (Å²) >= 11 is 9.63. The molecule has 3 aromatic rings. The Morgan fingerprint density at radius 1 is 1.10 bits per heavy atom. The second-order valence-corrected chi connectivity index (χ2v) is 5.76. The van der Waals surface area contributed by atoms with E-state index < -0.39 is 0 Å². The quantitative estimate of drug-likeness (QED) is 0.732. The van der Waals surface area contributed by atoms with Gasteiger partial charge in [-0.15, -0.1) is 0 Å². The highest BCUT2D eigenvalue weighted by molar-refractivity contribution is 9.10. The molecule has 0 aliphatic rings. The Hall–Kier alpha value is -1.72. The van der Waals surface area contributed by atoms with Crippen molar-refractivity contribution in [3.8, 4) is 22.9 Å². The largest absolute Gasteiger partial charge is 0.493 e. The first-order chi connectivity index (χ1) is 10.1. The molecule has 0 saturated heterocycles. The third-order valence-electron chi connectivity index (χ3n) is 3.16. The first-order valence-corrected chi connectivity index (χ1v) is 7.36. The van der Waals surface area contributed by atoms with Gasteiger partial charge < -0.3 is 14.5 Å². The second-order valence-electron chi connectivity index (χ2n) is 4.44. The zero-order valence-electron chi connectivity index (χ0n) is 11.4. The predicted molar refractivity (Wildman–Crippen MR) is 87.3 cm³/mol. The Labute approximate surface area is 135 Å². The molecule has 3 rings (SSSR count). The molecule has 0 amide bonds. The predicted octanol–water partition coefficient (Wildman–Crippen LogP) is 4.66. The summed E-state index contributed by atoms with van der Waals surface area (Å²) in [4.78, 5) is 7.81. The van der Waals surface area contributed by atoms with Crippen molar-refractivity contribution in [1.82, 2.24) is 9.97 Å².